The van der Waals surface area contributed by atoms with Crippen LogP contribution in [0.5, 0.6) is 0 Å². The van der Waals surface area contributed by atoms with Crippen molar-refractivity contribution in [2.45, 2.75) is 83.2 Å². The van der Waals surface area contributed by atoms with Crippen LogP contribution in [0.4, 0.5) is 0 Å². The topological polar surface area (TPSA) is 0 Å². The van der Waals surface area contributed by atoms with Crippen LogP contribution in [0.2, 0.25) is 0 Å². The van der Waals surface area contributed by atoms with Crippen molar-refractivity contribution in [3.63, 3.8) is 0 Å². The van der Waals surface area contributed by atoms with E-state index in [9.17, 15) is 0 Å². The van der Waals surface area contributed by atoms with Crippen molar-refractivity contribution in [1.29, 1.82) is 0 Å². The number of hydrogen-bond acceptors (Lipinski definition) is 0. The van der Waals surface area contributed by atoms with Gasteiger partial charge in [-0.25, -0.2) is 0 Å². The molecule has 0 nitrogen and oxygen atoms in total. The van der Waals surface area contributed by atoms with E-state index >= 15 is 0 Å². The van der Waals surface area contributed by atoms with Crippen LogP contribution in [0.3, 0.4) is 0 Å². The lowest BCUT2D eigenvalue weighted by atomic mass is 10.0. The molecule has 1 aliphatic rings. The van der Waals surface area contributed by atoms with E-state index in [1.54, 1.807) is 0 Å². The van der Waals surface area contributed by atoms with Crippen LogP contribution >= 0.6 is 7.92 Å². The van der Waals surface area contributed by atoms with Crippen LogP contribution in [0.25, 0.3) is 0 Å². The Balaban J connectivity index is 2.66. The predicted octanol–water partition coefficient (Wildman–Crippen LogP) is 5.01. The van der Waals surface area contributed by atoms with E-state index < -0.39 is 0 Å². The maximum Gasteiger partial charge on any atom is -0.0175 e. The van der Waals surface area contributed by atoms with E-state index in [1.807, 2.05) is 0 Å². The Labute approximate surface area is 91.6 Å². The van der Waals surface area contributed by atoms with Gasteiger partial charge in [0.15, 0.2) is 0 Å². The molecule has 0 N–H and O–H groups in total. The Hall–Kier alpha value is 0.430. The van der Waals surface area contributed by atoms with Crippen molar-refractivity contribution >= 4 is 7.92 Å². The molecule has 84 valence electrons. The minimum absolute atomic E-state index is 0.221. The highest BCUT2D eigenvalue weighted by atomic mass is 31.1. The molecule has 0 heterocycles. The molecule has 1 aliphatic carbocycles. The summed E-state index contributed by atoms with van der Waals surface area (Å²) in [6.45, 7) is 12.2. The minimum Gasteiger partial charge on any atom is -0.0954 e. The molecule has 0 aromatic carbocycles. The van der Waals surface area contributed by atoms with Gasteiger partial charge in [-0.1, -0.05) is 61.8 Å². The first-order chi connectivity index (χ1) is 6.43. The summed E-state index contributed by atoms with van der Waals surface area (Å²) in [4.78, 5) is 0. The van der Waals surface area contributed by atoms with Crippen LogP contribution < -0.4 is 0 Å². The van der Waals surface area contributed by atoms with E-state index in [0.29, 0.717) is 5.16 Å². The Morgan fingerprint density at radius 1 is 1.00 bits per heavy atom. The average Bonchev–Trinajstić information content (AvgIpc) is 2.02. The molecule has 1 saturated carbocycles. The van der Waals surface area contributed by atoms with Crippen molar-refractivity contribution < 1.29 is 0 Å². The van der Waals surface area contributed by atoms with E-state index in [-0.39, 0.29) is 7.92 Å². The van der Waals surface area contributed by atoms with Gasteiger partial charge in [-0.15, -0.1) is 0 Å². The molecule has 1 atom stereocenters. The molecular formula is C13H27P. The Morgan fingerprint density at radius 3 is 1.86 bits per heavy atom. The maximum absolute atomic E-state index is 2.45. The lowest BCUT2D eigenvalue weighted by molar-refractivity contribution is 0.503. The standard InChI is InChI=1S/C13H27P/c1-11(2)14(13(3,4)5)12-9-7-6-8-10-12/h11-12H,6-10H2,1-5H3. The van der Waals surface area contributed by atoms with E-state index in [4.69, 9.17) is 0 Å². The zero-order valence-corrected chi connectivity index (χ0v) is 11.5. The molecular weight excluding hydrogens is 187 g/mol. The predicted molar refractivity (Wildman–Crippen MR) is 68.7 cm³/mol. The SMILES string of the molecule is CC(C)P(C1CCCCC1)C(C)(C)C. The molecule has 0 spiro atoms. The summed E-state index contributed by atoms with van der Waals surface area (Å²) in [6, 6.07) is 0. The lowest BCUT2D eigenvalue weighted by Crippen LogP contribution is -2.26. The van der Waals surface area contributed by atoms with Crippen molar-refractivity contribution in [2.24, 2.45) is 0 Å². The molecule has 0 aromatic rings. The van der Waals surface area contributed by atoms with Gasteiger partial charge in [-0.3, -0.25) is 0 Å². The quantitative estimate of drug-likeness (QED) is 0.567. The molecule has 0 aromatic heterocycles. The van der Waals surface area contributed by atoms with Gasteiger partial charge in [0.2, 0.25) is 0 Å². The van der Waals surface area contributed by atoms with Gasteiger partial charge in [0.25, 0.3) is 0 Å². The fourth-order valence-electron chi connectivity index (χ4n) is 3.10. The molecule has 1 rings (SSSR count). The van der Waals surface area contributed by atoms with Gasteiger partial charge in [-0.2, -0.15) is 0 Å². The molecule has 1 heteroatoms. The molecule has 0 aliphatic heterocycles. The van der Waals surface area contributed by atoms with Crippen molar-refractivity contribution in [3.05, 3.63) is 0 Å². The molecule has 1 fully saturated rings. The molecule has 0 saturated heterocycles. The third kappa shape index (κ3) is 3.23. The number of rotatable bonds is 2. The third-order valence-electron chi connectivity index (χ3n) is 3.30. The summed E-state index contributed by atoms with van der Waals surface area (Å²) in [6.07, 6.45) is 7.50. The van der Waals surface area contributed by atoms with Crippen LogP contribution in [0, 0.1) is 0 Å². The molecule has 14 heavy (non-hydrogen) atoms. The van der Waals surface area contributed by atoms with Crippen molar-refractivity contribution in [1.82, 2.24) is 0 Å². The van der Waals surface area contributed by atoms with E-state index in [2.05, 4.69) is 34.6 Å². The van der Waals surface area contributed by atoms with Crippen molar-refractivity contribution in [2.75, 3.05) is 0 Å². The van der Waals surface area contributed by atoms with Crippen LogP contribution in [-0.2, 0) is 0 Å². The molecule has 0 radical (unpaired) electrons. The fourth-order valence-corrected chi connectivity index (χ4v) is 7.51. The highest BCUT2D eigenvalue weighted by Crippen LogP contribution is 2.60. The highest BCUT2D eigenvalue weighted by molar-refractivity contribution is 7.60. The first-order valence-electron chi connectivity index (χ1n) is 6.21. The second kappa shape index (κ2) is 4.97. The minimum atomic E-state index is 0.221. The molecule has 0 amide bonds. The van der Waals surface area contributed by atoms with E-state index in [0.717, 1.165) is 11.3 Å². The monoisotopic (exact) mass is 214 g/mol. The first-order valence-corrected chi connectivity index (χ1v) is 7.69. The van der Waals surface area contributed by atoms with Gasteiger partial charge in [0.05, 0.1) is 0 Å². The first kappa shape index (κ1) is 12.5. The van der Waals surface area contributed by atoms with Crippen molar-refractivity contribution in [3.8, 4) is 0 Å². The zero-order chi connectivity index (χ0) is 10.8. The summed E-state index contributed by atoms with van der Waals surface area (Å²) in [7, 11) is 0.221. The van der Waals surface area contributed by atoms with Crippen LogP contribution in [0.15, 0.2) is 0 Å². The summed E-state index contributed by atoms with van der Waals surface area (Å²) >= 11 is 0. The maximum atomic E-state index is 2.45. The second-order valence-corrected chi connectivity index (χ2v) is 9.88. The number of hydrogen-bond donors (Lipinski definition) is 0. The summed E-state index contributed by atoms with van der Waals surface area (Å²) in [5.74, 6) is 0. The third-order valence-corrected chi connectivity index (χ3v) is 7.26. The summed E-state index contributed by atoms with van der Waals surface area (Å²) < 4.78 is 0. The van der Waals surface area contributed by atoms with Gasteiger partial charge < -0.3 is 0 Å². The normalized spacial score (nSPS) is 22.7. The smallest absolute Gasteiger partial charge is 0.0175 e. The fraction of sp³-hybridized carbons (Fsp3) is 1.00. The lowest BCUT2D eigenvalue weighted by Gasteiger charge is -2.42. The largest absolute Gasteiger partial charge is 0.0954 e. The zero-order valence-electron chi connectivity index (χ0n) is 10.6. The van der Waals surface area contributed by atoms with Gasteiger partial charge in [-0.05, 0) is 29.3 Å². The summed E-state index contributed by atoms with van der Waals surface area (Å²) in [5.41, 5.74) is 1.98. The highest BCUT2D eigenvalue weighted by Gasteiger charge is 2.34. The van der Waals surface area contributed by atoms with Crippen LogP contribution in [0.1, 0.15) is 66.7 Å². The summed E-state index contributed by atoms with van der Waals surface area (Å²) in [5, 5.41) is 0.561. The van der Waals surface area contributed by atoms with Gasteiger partial charge >= 0.3 is 0 Å². The average molecular weight is 214 g/mol. The Bertz CT molecular complexity index is 161. The second-order valence-electron chi connectivity index (χ2n) is 5.96. The molecule has 1 unspecified atom stereocenters. The molecule has 0 bridgehead atoms. The van der Waals surface area contributed by atoms with Gasteiger partial charge in [0.1, 0.15) is 0 Å². The van der Waals surface area contributed by atoms with Gasteiger partial charge in [0, 0.05) is 0 Å². The Kier molecular flexibility index (Phi) is 4.44. The van der Waals surface area contributed by atoms with Crippen LogP contribution in [-0.4, -0.2) is 16.5 Å². The van der Waals surface area contributed by atoms with E-state index in [1.165, 1.54) is 32.1 Å². The Morgan fingerprint density at radius 2 is 1.50 bits per heavy atom.